The van der Waals surface area contributed by atoms with Crippen molar-refractivity contribution < 1.29 is 70.1 Å². The molecule has 0 aliphatic heterocycles. The van der Waals surface area contributed by atoms with Gasteiger partial charge in [0.25, 0.3) is 0 Å². The summed E-state index contributed by atoms with van der Waals surface area (Å²) in [7, 11) is -5.83. The summed E-state index contributed by atoms with van der Waals surface area (Å²) in [6, 6.07) is 0. The zero-order chi connectivity index (χ0) is 7.15. The van der Waals surface area contributed by atoms with Crippen molar-refractivity contribution in [3.63, 3.8) is 0 Å². The SMILES string of the molecule is [Ga+3].[Gd+3].[O-]B([O-])[O-].[O-]B([O-])[O-]. The zero-order valence-corrected chi connectivity index (χ0v) is 9.23. The fourth-order valence-corrected chi connectivity index (χ4v) is 0. The van der Waals surface area contributed by atoms with Gasteiger partial charge in [0, 0.05) is 0 Å². The second-order valence-electron chi connectivity index (χ2n) is 0.577. The van der Waals surface area contributed by atoms with Crippen molar-refractivity contribution in [2.24, 2.45) is 0 Å². The Balaban J connectivity index is -0.0000000300. The summed E-state index contributed by atoms with van der Waals surface area (Å²) in [6.45, 7) is 0. The van der Waals surface area contributed by atoms with Crippen LogP contribution in [0.15, 0.2) is 0 Å². The summed E-state index contributed by atoms with van der Waals surface area (Å²) < 4.78 is 0. The second kappa shape index (κ2) is 17.1. The maximum Gasteiger partial charge on any atom is 3.00 e. The van der Waals surface area contributed by atoms with Gasteiger partial charge in [0.2, 0.25) is 0 Å². The average Bonchev–Trinajstić information content (AvgIpc) is 1.25. The molecular formula is B2GaGdO6. The van der Waals surface area contributed by atoms with Crippen molar-refractivity contribution >= 4 is 34.4 Å². The Hall–Kier alpha value is 1.85. The van der Waals surface area contributed by atoms with Gasteiger partial charge >= 0.3 is 59.7 Å². The van der Waals surface area contributed by atoms with Crippen molar-refractivity contribution in [2.75, 3.05) is 0 Å². The Labute approximate surface area is 103 Å². The minimum atomic E-state index is -2.92. The van der Waals surface area contributed by atoms with Crippen LogP contribution in [-0.4, -0.2) is 34.4 Å². The molecule has 0 aliphatic carbocycles. The molecule has 0 aromatic carbocycles. The summed E-state index contributed by atoms with van der Waals surface area (Å²) in [5, 5.41) is 50.5. The molecule has 0 N–H and O–H groups in total. The van der Waals surface area contributed by atoms with E-state index in [1.807, 2.05) is 0 Å². The molecule has 10 heteroatoms. The normalized spacial score (nSPS) is 5.40. The van der Waals surface area contributed by atoms with E-state index in [4.69, 9.17) is 30.1 Å². The van der Waals surface area contributed by atoms with Gasteiger partial charge in [0.15, 0.2) is 0 Å². The molecule has 0 fully saturated rings. The molecule has 0 rings (SSSR count). The van der Waals surface area contributed by atoms with Gasteiger partial charge in [0.05, 0.1) is 0 Å². The molecule has 0 saturated carbocycles. The van der Waals surface area contributed by atoms with E-state index in [9.17, 15) is 0 Å². The van der Waals surface area contributed by atoms with Gasteiger partial charge in [-0.2, -0.15) is 0 Å². The molecule has 0 saturated heterocycles. The van der Waals surface area contributed by atoms with Crippen molar-refractivity contribution in [1.29, 1.82) is 0 Å². The van der Waals surface area contributed by atoms with Crippen molar-refractivity contribution in [3.05, 3.63) is 0 Å². The first-order valence-electron chi connectivity index (χ1n) is 1.41. The van der Waals surface area contributed by atoms with Gasteiger partial charge in [-0.15, -0.1) is 0 Å². The maximum atomic E-state index is 8.42. The van der Waals surface area contributed by atoms with E-state index in [0.717, 1.165) is 0 Å². The fourth-order valence-electron chi connectivity index (χ4n) is 0. The largest absolute Gasteiger partial charge is 3.00 e. The Morgan fingerprint density at radius 1 is 0.600 bits per heavy atom. The van der Waals surface area contributed by atoms with E-state index in [2.05, 4.69) is 0 Å². The van der Waals surface area contributed by atoms with Gasteiger partial charge in [-0.3, -0.25) is 14.6 Å². The van der Waals surface area contributed by atoms with Crippen LogP contribution >= 0.6 is 0 Å². The monoisotopic (exact) mass is 345 g/mol. The number of hydrogen-bond acceptors (Lipinski definition) is 6. The van der Waals surface area contributed by atoms with E-state index >= 15 is 0 Å². The predicted octanol–water partition coefficient (Wildman–Crippen LogP) is -8.28. The van der Waals surface area contributed by atoms with E-state index in [0.29, 0.717) is 0 Å². The van der Waals surface area contributed by atoms with Crippen LogP contribution in [0.3, 0.4) is 0 Å². The second-order valence-corrected chi connectivity index (χ2v) is 0.577. The van der Waals surface area contributed by atoms with Gasteiger partial charge in [0.1, 0.15) is 0 Å². The quantitative estimate of drug-likeness (QED) is 0.400. The van der Waals surface area contributed by atoms with E-state index in [1.165, 1.54) is 0 Å². The summed E-state index contributed by atoms with van der Waals surface area (Å²) in [4.78, 5) is 0. The standard InChI is InChI=1S/2BO3.Ga.Gd/c2*2-1(3)4;;/q2*-3;2*+3. The van der Waals surface area contributed by atoms with Crippen LogP contribution in [0.25, 0.3) is 0 Å². The maximum absolute atomic E-state index is 8.42. The van der Waals surface area contributed by atoms with Crippen LogP contribution in [0.2, 0.25) is 0 Å². The van der Waals surface area contributed by atoms with E-state index in [-0.39, 0.29) is 59.7 Å². The third-order valence-electron chi connectivity index (χ3n) is 0. The smallest absolute Gasteiger partial charge is 0.907 e. The molecule has 53 valence electrons. The molecule has 10 heavy (non-hydrogen) atoms. The van der Waals surface area contributed by atoms with Crippen LogP contribution in [-0.2, 0) is 0 Å². The topological polar surface area (TPSA) is 138 Å². The molecule has 6 nitrogen and oxygen atoms in total. The van der Waals surface area contributed by atoms with Crippen LogP contribution in [0, 0.1) is 39.9 Å². The third-order valence-corrected chi connectivity index (χ3v) is 0. The average molecular weight is 345 g/mol. The molecule has 0 heterocycles. The molecule has 0 aliphatic rings. The van der Waals surface area contributed by atoms with Crippen molar-refractivity contribution in [1.82, 2.24) is 0 Å². The molecular weight excluding hydrogens is 345 g/mol. The molecule has 0 bridgehead atoms. The van der Waals surface area contributed by atoms with Gasteiger partial charge in [-0.05, 0) is 0 Å². The first kappa shape index (κ1) is 22.6. The molecule has 0 aromatic rings. The summed E-state index contributed by atoms with van der Waals surface area (Å²) in [6.07, 6.45) is 0. The van der Waals surface area contributed by atoms with Crippen LogP contribution in [0.1, 0.15) is 0 Å². The van der Waals surface area contributed by atoms with E-state index < -0.39 is 14.6 Å². The third kappa shape index (κ3) is 225. The molecule has 0 amide bonds. The van der Waals surface area contributed by atoms with Crippen LogP contribution < -0.4 is 30.1 Å². The summed E-state index contributed by atoms with van der Waals surface area (Å²) in [5.74, 6) is 0. The first-order valence-corrected chi connectivity index (χ1v) is 1.41. The molecule has 0 atom stereocenters. The number of rotatable bonds is 0. The number of hydrogen-bond donors (Lipinski definition) is 0. The van der Waals surface area contributed by atoms with E-state index in [1.54, 1.807) is 0 Å². The Morgan fingerprint density at radius 3 is 0.600 bits per heavy atom. The Morgan fingerprint density at radius 2 is 0.600 bits per heavy atom. The van der Waals surface area contributed by atoms with Crippen molar-refractivity contribution in [3.8, 4) is 0 Å². The fraction of sp³-hybridized carbons (Fsp3) is 0. The zero-order valence-electron chi connectivity index (χ0n) is 4.54. The predicted molar refractivity (Wildman–Crippen MR) is 17.3 cm³/mol. The Bertz CT molecular complexity index is 31.2. The van der Waals surface area contributed by atoms with Gasteiger partial charge < -0.3 is 30.1 Å². The minimum absolute atomic E-state index is 0. The molecule has 0 aromatic heterocycles. The molecule has 0 unspecified atom stereocenters. The summed E-state index contributed by atoms with van der Waals surface area (Å²) >= 11 is 0. The van der Waals surface area contributed by atoms with Crippen molar-refractivity contribution in [2.45, 2.75) is 0 Å². The van der Waals surface area contributed by atoms with Crippen LogP contribution in [0.5, 0.6) is 0 Å². The summed E-state index contributed by atoms with van der Waals surface area (Å²) in [5.41, 5.74) is 0. The molecule has 0 spiro atoms. The van der Waals surface area contributed by atoms with Gasteiger partial charge in [-0.25, -0.2) is 0 Å². The first-order chi connectivity index (χ1) is 3.46. The molecule has 1 radical (unpaired) electrons. The van der Waals surface area contributed by atoms with Gasteiger partial charge in [-0.1, -0.05) is 0 Å². The Kier molecular flexibility index (Phi) is 38.7. The minimum Gasteiger partial charge on any atom is -0.907 e. The van der Waals surface area contributed by atoms with Crippen LogP contribution in [0.4, 0.5) is 0 Å².